The Balaban J connectivity index is 1.60. The van der Waals surface area contributed by atoms with Crippen LogP contribution in [0.5, 0.6) is 5.75 Å². The topological polar surface area (TPSA) is 140 Å². The maximum absolute atomic E-state index is 14.2. The maximum Gasteiger partial charge on any atom is 0.302 e. The van der Waals surface area contributed by atoms with Gasteiger partial charge in [0.25, 0.3) is 11.5 Å². The number of hydrogen-bond donors (Lipinski definition) is 2. The smallest absolute Gasteiger partial charge is 0.302 e. The lowest BCUT2D eigenvalue weighted by atomic mass is 10.1. The molecule has 0 spiro atoms. The Morgan fingerprint density at radius 2 is 2.08 bits per heavy atom. The fourth-order valence-corrected chi connectivity index (χ4v) is 4.44. The molecule has 0 unspecified atom stereocenters. The molecule has 0 saturated carbocycles. The fourth-order valence-electron chi connectivity index (χ4n) is 4.44. The number of halogens is 1. The molecule has 2 aromatic rings. The van der Waals surface area contributed by atoms with Crippen molar-refractivity contribution >= 4 is 23.5 Å². The summed E-state index contributed by atoms with van der Waals surface area (Å²) in [6.07, 6.45) is 0.617. The molecule has 0 radical (unpaired) electrons. The van der Waals surface area contributed by atoms with E-state index in [0.717, 1.165) is 0 Å². The normalized spacial score (nSPS) is 18.6. The van der Waals surface area contributed by atoms with Crippen molar-refractivity contribution in [1.82, 2.24) is 14.9 Å². The Bertz CT molecular complexity index is 1290. The van der Waals surface area contributed by atoms with E-state index < -0.39 is 46.3 Å². The highest BCUT2D eigenvalue weighted by molar-refractivity contribution is 5.97. The lowest BCUT2D eigenvalue weighted by molar-refractivity contribution is -0.141. The van der Waals surface area contributed by atoms with Gasteiger partial charge in [-0.2, -0.15) is 0 Å². The quantitative estimate of drug-likeness (QED) is 0.564. The number of aromatic hydroxyl groups is 1. The minimum Gasteiger partial charge on any atom is -0.501 e. The number of fused-ring (bicyclic) bond motifs is 1. The van der Waals surface area contributed by atoms with Crippen molar-refractivity contribution in [2.24, 2.45) is 0 Å². The molecule has 1 aromatic heterocycles. The van der Waals surface area contributed by atoms with Crippen LogP contribution >= 0.6 is 0 Å². The second kappa shape index (κ2) is 9.69. The van der Waals surface area contributed by atoms with E-state index >= 15 is 0 Å². The van der Waals surface area contributed by atoms with Gasteiger partial charge in [-0.3, -0.25) is 23.7 Å². The Labute approximate surface area is 205 Å². The minimum absolute atomic E-state index is 0.0435. The van der Waals surface area contributed by atoms with E-state index in [-0.39, 0.29) is 50.1 Å². The molecule has 12 heteroatoms. The molecule has 1 atom stereocenters. The summed E-state index contributed by atoms with van der Waals surface area (Å²) >= 11 is 0. The number of benzene rings is 1. The van der Waals surface area contributed by atoms with Crippen molar-refractivity contribution in [3.63, 3.8) is 0 Å². The molecule has 1 saturated heterocycles. The minimum atomic E-state index is -0.947. The number of esters is 1. The van der Waals surface area contributed by atoms with Crippen molar-refractivity contribution in [2.45, 2.75) is 58.3 Å². The summed E-state index contributed by atoms with van der Waals surface area (Å²) in [5.41, 5.74) is -1.52. The number of carbonyl (C=O) groups is 3. The van der Waals surface area contributed by atoms with Gasteiger partial charge in [0.1, 0.15) is 23.8 Å². The average molecular weight is 502 g/mol. The fraction of sp³-hybridized carbons (Fsp3) is 0.458. The first-order valence-electron chi connectivity index (χ1n) is 11.5. The number of amides is 2. The van der Waals surface area contributed by atoms with Gasteiger partial charge in [0.2, 0.25) is 11.7 Å². The summed E-state index contributed by atoms with van der Waals surface area (Å²) in [5, 5.41) is 13.0. The molecule has 36 heavy (non-hydrogen) atoms. The van der Waals surface area contributed by atoms with Crippen molar-refractivity contribution < 1.29 is 33.4 Å². The highest BCUT2D eigenvalue weighted by Gasteiger charge is 2.36. The number of carbonyl (C=O) groups excluding carboxylic acids is 3. The van der Waals surface area contributed by atoms with Gasteiger partial charge in [0.05, 0.1) is 24.9 Å². The highest BCUT2D eigenvalue weighted by Crippen LogP contribution is 2.31. The van der Waals surface area contributed by atoms with Gasteiger partial charge in [-0.1, -0.05) is 6.07 Å². The third-order valence-corrected chi connectivity index (χ3v) is 6.23. The molecule has 0 aliphatic carbocycles. The van der Waals surface area contributed by atoms with Gasteiger partial charge in [0, 0.05) is 19.9 Å². The van der Waals surface area contributed by atoms with Gasteiger partial charge in [0.15, 0.2) is 5.69 Å². The number of nitrogens with zero attached hydrogens (tertiary/aromatic N) is 3. The largest absolute Gasteiger partial charge is 0.501 e. The molecule has 2 amide bonds. The van der Waals surface area contributed by atoms with Crippen LogP contribution in [0.3, 0.4) is 0 Å². The lowest BCUT2D eigenvalue weighted by Gasteiger charge is -2.32. The van der Waals surface area contributed by atoms with Gasteiger partial charge < -0.3 is 24.8 Å². The summed E-state index contributed by atoms with van der Waals surface area (Å²) in [7, 11) is 0. The van der Waals surface area contributed by atoms with Crippen LogP contribution in [0.1, 0.15) is 55.5 Å². The zero-order valence-corrected chi connectivity index (χ0v) is 20.2. The van der Waals surface area contributed by atoms with Gasteiger partial charge in [-0.15, -0.1) is 0 Å². The number of rotatable bonds is 6. The van der Waals surface area contributed by atoms with Crippen LogP contribution in [0.15, 0.2) is 23.0 Å². The van der Waals surface area contributed by atoms with Crippen LogP contribution in [0.4, 0.5) is 10.1 Å². The molecule has 2 N–H and O–H groups in total. The number of aromatic nitrogens is 2. The molecule has 1 fully saturated rings. The highest BCUT2D eigenvalue weighted by atomic mass is 19.1. The Morgan fingerprint density at radius 3 is 2.81 bits per heavy atom. The standard InChI is InChI=1S/C24H27FN4O7/c1-13(30)35-12-16-6-7-18(31)29(16)17-10-15(25)5-4-14(17)11-26-21(33)19-20(32)22(34)28-8-9-36-24(2,3)23(28)27-19/h4-5,10,16,32H,6-9,11-12H2,1-3H3,(H,26,33)/t16-/m1/s1. The third kappa shape index (κ3) is 4.81. The van der Waals surface area contributed by atoms with Crippen LogP contribution in [-0.2, 0) is 37.8 Å². The number of nitrogens with one attached hydrogen (secondary N) is 1. The lowest BCUT2D eigenvalue weighted by Crippen LogP contribution is -2.42. The van der Waals surface area contributed by atoms with E-state index in [2.05, 4.69) is 10.3 Å². The average Bonchev–Trinajstić information content (AvgIpc) is 3.19. The molecule has 11 nitrogen and oxygen atoms in total. The summed E-state index contributed by atoms with van der Waals surface area (Å²) < 4.78 is 26.1. The summed E-state index contributed by atoms with van der Waals surface area (Å²) in [6.45, 7) is 4.91. The van der Waals surface area contributed by atoms with Crippen LogP contribution in [0.25, 0.3) is 0 Å². The third-order valence-electron chi connectivity index (χ3n) is 6.23. The van der Waals surface area contributed by atoms with E-state index in [0.29, 0.717) is 12.0 Å². The van der Waals surface area contributed by atoms with Gasteiger partial charge in [-0.25, -0.2) is 9.37 Å². The first-order chi connectivity index (χ1) is 17.0. The molecule has 3 heterocycles. The predicted molar refractivity (Wildman–Crippen MR) is 124 cm³/mol. The molecular formula is C24H27FN4O7. The molecule has 2 aliphatic rings. The number of hydrogen-bond acceptors (Lipinski definition) is 8. The SMILES string of the molecule is CC(=O)OC[C@H]1CCC(=O)N1c1cc(F)ccc1CNC(=O)c1nc2n(c(=O)c1O)CCOC2(C)C. The zero-order valence-electron chi connectivity index (χ0n) is 20.2. The van der Waals surface area contributed by atoms with Crippen molar-refractivity contribution in [1.29, 1.82) is 0 Å². The van der Waals surface area contributed by atoms with E-state index in [1.807, 2.05) is 0 Å². The summed E-state index contributed by atoms with van der Waals surface area (Å²) in [4.78, 5) is 55.1. The molecule has 0 bridgehead atoms. The Kier molecular flexibility index (Phi) is 6.81. The zero-order chi connectivity index (χ0) is 26.2. The molecular weight excluding hydrogens is 475 g/mol. The molecule has 1 aromatic carbocycles. The Morgan fingerprint density at radius 1 is 1.33 bits per heavy atom. The van der Waals surface area contributed by atoms with Crippen molar-refractivity contribution in [3.05, 3.63) is 51.5 Å². The predicted octanol–water partition coefficient (Wildman–Crippen LogP) is 1.34. The van der Waals surface area contributed by atoms with Crippen LogP contribution in [0, 0.1) is 5.82 Å². The second-order valence-corrected chi connectivity index (χ2v) is 9.16. The van der Waals surface area contributed by atoms with Crippen molar-refractivity contribution in [2.75, 3.05) is 18.1 Å². The first-order valence-corrected chi connectivity index (χ1v) is 11.5. The van der Waals surface area contributed by atoms with E-state index in [1.54, 1.807) is 13.8 Å². The summed E-state index contributed by atoms with van der Waals surface area (Å²) in [5.74, 6) is -2.76. The maximum atomic E-state index is 14.2. The molecule has 4 rings (SSSR count). The second-order valence-electron chi connectivity index (χ2n) is 9.16. The van der Waals surface area contributed by atoms with Gasteiger partial charge in [-0.05, 0) is 38.0 Å². The van der Waals surface area contributed by atoms with Crippen LogP contribution in [-0.4, -0.2) is 51.7 Å². The van der Waals surface area contributed by atoms with E-state index in [9.17, 15) is 28.7 Å². The Hall–Kier alpha value is -3.80. The molecule has 192 valence electrons. The van der Waals surface area contributed by atoms with Crippen molar-refractivity contribution in [3.8, 4) is 5.75 Å². The van der Waals surface area contributed by atoms with Crippen LogP contribution in [0.2, 0.25) is 0 Å². The number of anilines is 1. The summed E-state index contributed by atoms with van der Waals surface area (Å²) in [6, 6.07) is 3.30. The molecule has 2 aliphatic heterocycles. The van der Waals surface area contributed by atoms with E-state index in [1.165, 1.54) is 34.6 Å². The van der Waals surface area contributed by atoms with E-state index in [4.69, 9.17) is 9.47 Å². The number of ether oxygens (including phenoxy) is 2. The first kappa shape index (κ1) is 25.3. The van der Waals surface area contributed by atoms with Crippen LogP contribution < -0.4 is 15.8 Å². The van der Waals surface area contributed by atoms with Gasteiger partial charge >= 0.3 is 5.97 Å². The monoisotopic (exact) mass is 502 g/mol.